The summed E-state index contributed by atoms with van der Waals surface area (Å²) in [5.41, 5.74) is -1.11. The first-order chi connectivity index (χ1) is 9.30. The monoisotopic (exact) mass is 294 g/mol. The minimum absolute atomic E-state index is 0.0428. The number of nitrogens with zero attached hydrogens (tertiary/aromatic N) is 2. The smallest absolute Gasteiger partial charge is 0.329 e. The van der Waals surface area contributed by atoms with E-state index < -0.39 is 17.4 Å². The molecule has 0 aliphatic rings. The van der Waals surface area contributed by atoms with Gasteiger partial charge in [0.15, 0.2) is 0 Å². The molecular formula is C14H15ClN2O3. The van der Waals surface area contributed by atoms with Crippen LogP contribution >= 0.6 is 11.6 Å². The standard InChI is InChI=1S/C14H15ClN2O3/c1-14(2,13(19)20)17(8-4-7-16)12(18)10-5-3-6-11(15)9-10/h3,5-6,9H,4,8H2,1-2H3,(H,19,20). The summed E-state index contributed by atoms with van der Waals surface area (Å²) in [6.07, 6.45) is 0.0585. The van der Waals surface area contributed by atoms with Crippen molar-refractivity contribution in [1.29, 1.82) is 5.26 Å². The summed E-state index contributed by atoms with van der Waals surface area (Å²) in [6.45, 7) is 2.89. The molecule has 0 saturated heterocycles. The molecule has 0 aliphatic heterocycles. The van der Waals surface area contributed by atoms with E-state index in [0.717, 1.165) is 0 Å². The average molecular weight is 295 g/mol. The number of benzene rings is 1. The summed E-state index contributed by atoms with van der Waals surface area (Å²) in [7, 11) is 0. The molecule has 5 nitrogen and oxygen atoms in total. The Bertz CT molecular complexity index is 564. The molecular weight excluding hydrogens is 280 g/mol. The highest BCUT2D eigenvalue weighted by Gasteiger charge is 2.37. The van der Waals surface area contributed by atoms with Gasteiger partial charge in [0.05, 0.1) is 12.5 Å². The van der Waals surface area contributed by atoms with E-state index in [1.165, 1.54) is 24.8 Å². The summed E-state index contributed by atoms with van der Waals surface area (Å²) in [6, 6.07) is 8.19. The SMILES string of the molecule is CC(C)(C(=O)O)N(CCC#N)C(=O)c1cccc(Cl)c1. The molecule has 1 rings (SSSR count). The van der Waals surface area contributed by atoms with Gasteiger partial charge in [-0.25, -0.2) is 4.79 Å². The number of aliphatic carboxylic acids is 1. The molecule has 106 valence electrons. The molecule has 0 aromatic heterocycles. The molecule has 0 heterocycles. The zero-order valence-corrected chi connectivity index (χ0v) is 12.0. The summed E-state index contributed by atoms with van der Waals surface area (Å²) < 4.78 is 0. The van der Waals surface area contributed by atoms with Gasteiger partial charge in [0.25, 0.3) is 5.91 Å². The van der Waals surface area contributed by atoms with E-state index in [4.69, 9.17) is 16.9 Å². The lowest BCUT2D eigenvalue weighted by atomic mass is 10.0. The van der Waals surface area contributed by atoms with Crippen molar-refractivity contribution in [1.82, 2.24) is 4.90 Å². The van der Waals surface area contributed by atoms with Gasteiger partial charge in [0, 0.05) is 17.1 Å². The van der Waals surface area contributed by atoms with Crippen molar-refractivity contribution in [3.05, 3.63) is 34.9 Å². The summed E-state index contributed by atoms with van der Waals surface area (Å²) >= 11 is 5.84. The maximum absolute atomic E-state index is 12.4. The molecule has 0 fully saturated rings. The highest BCUT2D eigenvalue weighted by molar-refractivity contribution is 6.31. The zero-order chi connectivity index (χ0) is 15.3. The third-order valence-electron chi connectivity index (χ3n) is 2.96. The minimum atomic E-state index is -1.41. The number of carboxylic acid groups (broad SMARTS) is 1. The maximum atomic E-state index is 12.4. The van der Waals surface area contributed by atoms with Gasteiger partial charge in [-0.05, 0) is 32.0 Å². The van der Waals surface area contributed by atoms with Crippen molar-refractivity contribution in [2.24, 2.45) is 0 Å². The summed E-state index contributed by atoms with van der Waals surface area (Å²) in [5.74, 6) is -1.60. The van der Waals surface area contributed by atoms with E-state index in [0.29, 0.717) is 10.6 Å². The minimum Gasteiger partial charge on any atom is -0.480 e. The van der Waals surface area contributed by atoms with Gasteiger partial charge in [0.2, 0.25) is 0 Å². The lowest BCUT2D eigenvalue weighted by Crippen LogP contribution is -2.53. The third kappa shape index (κ3) is 3.49. The second-order valence-corrected chi connectivity index (χ2v) is 5.18. The number of carbonyl (C=O) groups is 2. The molecule has 1 amide bonds. The predicted molar refractivity (Wildman–Crippen MR) is 74.4 cm³/mol. The Kier molecular flexibility index (Phi) is 5.12. The van der Waals surface area contributed by atoms with Crippen LogP contribution in [0.5, 0.6) is 0 Å². The molecule has 0 unspecified atom stereocenters. The van der Waals surface area contributed by atoms with E-state index in [1.54, 1.807) is 18.2 Å². The Morgan fingerprint density at radius 1 is 1.45 bits per heavy atom. The first-order valence-corrected chi connectivity index (χ1v) is 6.36. The van der Waals surface area contributed by atoms with Gasteiger partial charge >= 0.3 is 5.97 Å². The highest BCUT2D eigenvalue weighted by atomic mass is 35.5. The van der Waals surface area contributed by atoms with Gasteiger partial charge < -0.3 is 10.0 Å². The number of hydrogen-bond donors (Lipinski definition) is 1. The first kappa shape index (κ1) is 16.0. The Balaban J connectivity index is 3.14. The van der Waals surface area contributed by atoms with Crippen LogP contribution in [0.25, 0.3) is 0 Å². The molecule has 0 aliphatic carbocycles. The van der Waals surface area contributed by atoms with Crippen molar-refractivity contribution >= 4 is 23.5 Å². The molecule has 0 atom stereocenters. The van der Waals surface area contributed by atoms with Crippen LogP contribution in [0.15, 0.2) is 24.3 Å². The fourth-order valence-corrected chi connectivity index (χ4v) is 1.88. The zero-order valence-electron chi connectivity index (χ0n) is 11.3. The lowest BCUT2D eigenvalue weighted by Gasteiger charge is -2.34. The van der Waals surface area contributed by atoms with Crippen molar-refractivity contribution in [3.63, 3.8) is 0 Å². The van der Waals surface area contributed by atoms with Gasteiger partial charge in [-0.3, -0.25) is 4.79 Å². The number of carbonyl (C=O) groups excluding carboxylic acids is 1. The molecule has 1 N–H and O–H groups in total. The van der Waals surface area contributed by atoms with Gasteiger partial charge in [-0.2, -0.15) is 5.26 Å². The number of amides is 1. The van der Waals surface area contributed by atoms with Crippen molar-refractivity contribution in [2.45, 2.75) is 25.8 Å². The van der Waals surface area contributed by atoms with Crippen LogP contribution in [-0.2, 0) is 4.79 Å². The van der Waals surface area contributed by atoms with Crippen LogP contribution in [0.2, 0.25) is 5.02 Å². The molecule has 0 bridgehead atoms. The maximum Gasteiger partial charge on any atom is 0.329 e. The molecule has 0 radical (unpaired) electrons. The fraction of sp³-hybridized carbons (Fsp3) is 0.357. The average Bonchev–Trinajstić information content (AvgIpc) is 2.38. The topological polar surface area (TPSA) is 81.4 Å². The number of hydrogen-bond acceptors (Lipinski definition) is 3. The van der Waals surface area contributed by atoms with E-state index in [2.05, 4.69) is 0 Å². The van der Waals surface area contributed by atoms with Crippen LogP contribution in [0.3, 0.4) is 0 Å². The van der Waals surface area contributed by atoms with Crippen LogP contribution < -0.4 is 0 Å². The number of carboxylic acids is 1. The molecule has 6 heteroatoms. The number of halogens is 1. The van der Waals surface area contributed by atoms with Crippen LogP contribution in [0.1, 0.15) is 30.6 Å². The highest BCUT2D eigenvalue weighted by Crippen LogP contribution is 2.20. The number of nitriles is 1. The fourth-order valence-electron chi connectivity index (χ4n) is 1.69. The number of rotatable bonds is 5. The predicted octanol–water partition coefficient (Wildman–Crippen LogP) is 2.56. The molecule has 0 spiro atoms. The Morgan fingerprint density at radius 3 is 2.60 bits per heavy atom. The van der Waals surface area contributed by atoms with Crippen LogP contribution in [-0.4, -0.2) is 34.0 Å². The van der Waals surface area contributed by atoms with Crippen molar-refractivity contribution in [2.75, 3.05) is 6.54 Å². The van der Waals surface area contributed by atoms with Gasteiger partial charge in [0.1, 0.15) is 5.54 Å². The Morgan fingerprint density at radius 2 is 2.10 bits per heavy atom. The van der Waals surface area contributed by atoms with Crippen molar-refractivity contribution < 1.29 is 14.7 Å². The molecule has 0 saturated carbocycles. The quantitative estimate of drug-likeness (QED) is 0.905. The largest absolute Gasteiger partial charge is 0.480 e. The third-order valence-corrected chi connectivity index (χ3v) is 3.20. The van der Waals surface area contributed by atoms with Crippen LogP contribution in [0.4, 0.5) is 0 Å². The summed E-state index contributed by atoms with van der Waals surface area (Å²) in [4.78, 5) is 24.9. The van der Waals surface area contributed by atoms with Gasteiger partial charge in [-0.15, -0.1) is 0 Å². The van der Waals surface area contributed by atoms with Gasteiger partial charge in [-0.1, -0.05) is 17.7 Å². The van der Waals surface area contributed by atoms with E-state index in [-0.39, 0.29) is 13.0 Å². The second kappa shape index (κ2) is 6.40. The lowest BCUT2D eigenvalue weighted by molar-refractivity contribution is -0.147. The van der Waals surface area contributed by atoms with E-state index in [9.17, 15) is 14.7 Å². The molecule has 1 aromatic rings. The summed E-state index contributed by atoms with van der Waals surface area (Å²) in [5, 5.41) is 18.3. The van der Waals surface area contributed by atoms with Crippen molar-refractivity contribution in [3.8, 4) is 6.07 Å². The van der Waals surface area contributed by atoms with E-state index >= 15 is 0 Å². The Labute approximate surface area is 122 Å². The normalized spacial score (nSPS) is 10.7. The van der Waals surface area contributed by atoms with E-state index in [1.807, 2.05) is 6.07 Å². The second-order valence-electron chi connectivity index (χ2n) is 4.74. The van der Waals surface area contributed by atoms with Crippen LogP contribution in [0, 0.1) is 11.3 Å². The molecule has 20 heavy (non-hydrogen) atoms. The first-order valence-electron chi connectivity index (χ1n) is 5.98. The molecule has 1 aromatic carbocycles. The Hall–Kier alpha value is -2.06.